The van der Waals surface area contributed by atoms with Gasteiger partial charge in [-0.25, -0.2) is 0 Å². The number of fused-ring (bicyclic) bond motifs is 1. The zero-order chi connectivity index (χ0) is 13.2. The molecular formula is C16H16O3. The fourth-order valence-electron chi connectivity index (χ4n) is 2.20. The first-order valence-electron chi connectivity index (χ1n) is 6.36. The molecule has 1 N–H and O–H groups in total. The number of aliphatic hydroxyl groups excluding tert-OH is 1. The Balaban J connectivity index is 1.73. The third-order valence-electron chi connectivity index (χ3n) is 3.40. The Morgan fingerprint density at radius 3 is 2.95 bits per heavy atom. The van der Waals surface area contributed by atoms with Gasteiger partial charge in [0.15, 0.2) is 0 Å². The highest BCUT2D eigenvalue weighted by Gasteiger charge is 2.21. The summed E-state index contributed by atoms with van der Waals surface area (Å²) in [4.78, 5) is 0. The molecule has 2 aromatic rings. The standard InChI is InChI=1S/C16H16O3/c1-11-4-2-3-5-12(11)9-18-13-6-7-14-15(17)10-19-16(14)8-13/h2-8,15,17H,9-10H2,1H3. The fourth-order valence-corrected chi connectivity index (χ4v) is 2.20. The summed E-state index contributed by atoms with van der Waals surface area (Å²) in [5.74, 6) is 1.48. The van der Waals surface area contributed by atoms with E-state index in [1.807, 2.05) is 30.3 Å². The molecule has 98 valence electrons. The van der Waals surface area contributed by atoms with Gasteiger partial charge in [-0.15, -0.1) is 0 Å². The number of hydrogen-bond donors (Lipinski definition) is 1. The van der Waals surface area contributed by atoms with Crippen LogP contribution in [0.5, 0.6) is 11.5 Å². The van der Waals surface area contributed by atoms with Crippen LogP contribution >= 0.6 is 0 Å². The number of aliphatic hydroxyl groups is 1. The molecule has 0 radical (unpaired) electrons. The van der Waals surface area contributed by atoms with E-state index in [0.717, 1.165) is 17.1 Å². The lowest BCUT2D eigenvalue weighted by atomic mass is 10.1. The lowest BCUT2D eigenvalue weighted by molar-refractivity contribution is 0.140. The molecule has 1 atom stereocenters. The second-order valence-electron chi connectivity index (χ2n) is 4.74. The van der Waals surface area contributed by atoms with Crippen molar-refractivity contribution in [3.8, 4) is 11.5 Å². The van der Waals surface area contributed by atoms with Gasteiger partial charge in [-0.3, -0.25) is 0 Å². The number of benzene rings is 2. The van der Waals surface area contributed by atoms with E-state index in [1.165, 1.54) is 11.1 Å². The van der Waals surface area contributed by atoms with Crippen molar-refractivity contribution >= 4 is 0 Å². The molecule has 0 fully saturated rings. The average molecular weight is 256 g/mol. The Bertz CT molecular complexity index is 592. The van der Waals surface area contributed by atoms with Crippen molar-refractivity contribution in [3.63, 3.8) is 0 Å². The molecule has 3 nitrogen and oxygen atoms in total. The van der Waals surface area contributed by atoms with Gasteiger partial charge in [-0.1, -0.05) is 24.3 Å². The highest BCUT2D eigenvalue weighted by molar-refractivity contribution is 5.44. The van der Waals surface area contributed by atoms with E-state index in [0.29, 0.717) is 13.2 Å². The monoisotopic (exact) mass is 256 g/mol. The predicted octanol–water partition coefficient (Wildman–Crippen LogP) is 3.00. The van der Waals surface area contributed by atoms with Gasteiger partial charge in [0, 0.05) is 11.6 Å². The fraction of sp³-hybridized carbons (Fsp3) is 0.250. The smallest absolute Gasteiger partial charge is 0.129 e. The van der Waals surface area contributed by atoms with Crippen LogP contribution in [0.4, 0.5) is 0 Å². The first-order valence-corrected chi connectivity index (χ1v) is 6.36. The first-order chi connectivity index (χ1) is 9.24. The molecule has 0 aliphatic carbocycles. The van der Waals surface area contributed by atoms with Crippen molar-refractivity contribution < 1.29 is 14.6 Å². The Morgan fingerprint density at radius 2 is 2.11 bits per heavy atom. The van der Waals surface area contributed by atoms with Crippen LogP contribution in [-0.2, 0) is 6.61 Å². The van der Waals surface area contributed by atoms with E-state index < -0.39 is 6.10 Å². The summed E-state index contributed by atoms with van der Waals surface area (Å²) in [5.41, 5.74) is 3.22. The third-order valence-corrected chi connectivity index (χ3v) is 3.40. The van der Waals surface area contributed by atoms with Crippen molar-refractivity contribution in [2.75, 3.05) is 6.61 Å². The van der Waals surface area contributed by atoms with Gasteiger partial charge >= 0.3 is 0 Å². The zero-order valence-electron chi connectivity index (χ0n) is 10.8. The lowest BCUT2D eigenvalue weighted by Crippen LogP contribution is -1.98. The molecule has 2 aromatic carbocycles. The van der Waals surface area contributed by atoms with Crippen molar-refractivity contribution in [2.24, 2.45) is 0 Å². The van der Waals surface area contributed by atoms with E-state index in [2.05, 4.69) is 19.1 Å². The van der Waals surface area contributed by atoms with Gasteiger partial charge in [0.25, 0.3) is 0 Å². The number of aryl methyl sites for hydroxylation is 1. The van der Waals surface area contributed by atoms with Gasteiger partial charge < -0.3 is 14.6 Å². The Kier molecular flexibility index (Phi) is 3.13. The van der Waals surface area contributed by atoms with Crippen LogP contribution in [0, 0.1) is 6.92 Å². The highest BCUT2D eigenvalue weighted by atomic mass is 16.5. The van der Waals surface area contributed by atoms with Crippen molar-refractivity contribution in [2.45, 2.75) is 19.6 Å². The molecule has 0 spiro atoms. The molecular weight excluding hydrogens is 240 g/mol. The predicted molar refractivity (Wildman–Crippen MR) is 72.4 cm³/mol. The van der Waals surface area contributed by atoms with Crippen LogP contribution in [0.1, 0.15) is 22.8 Å². The summed E-state index contributed by atoms with van der Waals surface area (Å²) in [5, 5.41) is 9.65. The van der Waals surface area contributed by atoms with Crippen molar-refractivity contribution in [1.29, 1.82) is 0 Å². The van der Waals surface area contributed by atoms with Crippen LogP contribution < -0.4 is 9.47 Å². The van der Waals surface area contributed by atoms with Gasteiger partial charge in [0.1, 0.15) is 30.8 Å². The van der Waals surface area contributed by atoms with E-state index in [9.17, 15) is 5.11 Å². The van der Waals surface area contributed by atoms with Crippen molar-refractivity contribution in [3.05, 3.63) is 59.2 Å². The maximum absolute atomic E-state index is 9.65. The van der Waals surface area contributed by atoms with Gasteiger partial charge in [0.2, 0.25) is 0 Å². The maximum atomic E-state index is 9.65. The summed E-state index contributed by atoms with van der Waals surface area (Å²) < 4.78 is 11.2. The molecule has 0 bridgehead atoms. The lowest BCUT2D eigenvalue weighted by Gasteiger charge is -2.09. The van der Waals surface area contributed by atoms with Gasteiger partial charge in [0.05, 0.1) is 0 Å². The largest absolute Gasteiger partial charge is 0.490 e. The quantitative estimate of drug-likeness (QED) is 0.917. The number of hydrogen-bond acceptors (Lipinski definition) is 3. The minimum Gasteiger partial charge on any atom is -0.490 e. The molecule has 0 saturated carbocycles. The van der Waals surface area contributed by atoms with Crippen LogP contribution in [-0.4, -0.2) is 11.7 Å². The molecule has 1 heterocycles. The number of ether oxygens (including phenoxy) is 2. The summed E-state index contributed by atoms with van der Waals surface area (Å²) in [6, 6.07) is 13.7. The summed E-state index contributed by atoms with van der Waals surface area (Å²) >= 11 is 0. The minimum absolute atomic E-state index is 0.330. The van der Waals surface area contributed by atoms with Gasteiger partial charge in [-0.05, 0) is 30.2 Å². The Morgan fingerprint density at radius 1 is 1.26 bits per heavy atom. The van der Waals surface area contributed by atoms with Gasteiger partial charge in [-0.2, -0.15) is 0 Å². The molecule has 3 heteroatoms. The normalized spacial score (nSPS) is 16.8. The highest BCUT2D eigenvalue weighted by Crippen LogP contribution is 2.35. The third kappa shape index (κ3) is 2.42. The molecule has 3 rings (SSSR count). The summed E-state index contributed by atoms with van der Waals surface area (Å²) in [6.45, 7) is 2.94. The molecule has 19 heavy (non-hydrogen) atoms. The van der Waals surface area contributed by atoms with E-state index in [-0.39, 0.29) is 0 Å². The number of rotatable bonds is 3. The van der Waals surface area contributed by atoms with Crippen LogP contribution in [0.15, 0.2) is 42.5 Å². The zero-order valence-corrected chi connectivity index (χ0v) is 10.8. The van der Waals surface area contributed by atoms with Crippen LogP contribution in [0.3, 0.4) is 0 Å². The Hall–Kier alpha value is -2.00. The topological polar surface area (TPSA) is 38.7 Å². The summed E-state index contributed by atoms with van der Waals surface area (Å²) in [7, 11) is 0. The second kappa shape index (κ2) is 4.94. The molecule has 0 aromatic heterocycles. The summed E-state index contributed by atoms with van der Waals surface area (Å²) in [6.07, 6.45) is -0.514. The van der Waals surface area contributed by atoms with E-state index >= 15 is 0 Å². The van der Waals surface area contributed by atoms with Crippen LogP contribution in [0.25, 0.3) is 0 Å². The van der Waals surface area contributed by atoms with Crippen molar-refractivity contribution in [1.82, 2.24) is 0 Å². The average Bonchev–Trinajstić information content (AvgIpc) is 2.79. The maximum Gasteiger partial charge on any atom is 0.129 e. The second-order valence-corrected chi connectivity index (χ2v) is 4.74. The molecule has 1 aliphatic rings. The minimum atomic E-state index is -0.514. The van der Waals surface area contributed by atoms with E-state index in [4.69, 9.17) is 9.47 Å². The van der Waals surface area contributed by atoms with E-state index in [1.54, 1.807) is 0 Å². The molecule has 1 aliphatic heterocycles. The SMILES string of the molecule is Cc1ccccc1COc1ccc2c(c1)OCC2O. The molecule has 0 saturated heterocycles. The molecule has 1 unspecified atom stereocenters. The first kappa shape index (κ1) is 12.1. The molecule has 0 amide bonds. The van der Waals surface area contributed by atoms with Crippen LogP contribution in [0.2, 0.25) is 0 Å². The Labute approximate surface area is 112 Å².